The van der Waals surface area contributed by atoms with Gasteiger partial charge in [-0.3, -0.25) is 14.5 Å². The molecule has 3 aromatic rings. The molecule has 0 radical (unpaired) electrons. The fourth-order valence-electron chi connectivity index (χ4n) is 4.74. The molecule has 0 atom stereocenters. The van der Waals surface area contributed by atoms with Gasteiger partial charge >= 0.3 is 0 Å². The maximum absolute atomic E-state index is 12.8. The Bertz CT molecular complexity index is 1350. The summed E-state index contributed by atoms with van der Waals surface area (Å²) in [7, 11) is 0. The van der Waals surface area contributed by atoms with Gasteiger partial charge < -0.3 is 15.5 Å². The molecule has 2 heterocycles. The highest BCUT2D eigenvalue weighted by Crippen LogP contribution is 2.39. The highest BCUT2D eigenvalue weighted by atomic mass is 35.5. The van der Waals surface area contributed by atoms with Crippen molar-refractivity contribution in [2.75, 3.05) is 49.5 Å². The van der Waals surface area contributed by atoms with E-state index in [9.17, 15) is 9.59 Å². The zero-order valence-electron chi connectivity index (χ0n) is 21.4. The predicted octanol–water partition coefficient (Wildman–Crippen LogP) is 5.68. The summed E-state index contributed by atoms with van der Waals surface area (Å²) in [4.78, 5) is 31.8. The Hall–Kier alpha value is -3.26. The van der Waals surface area contributed by atoms with E-state index in [0.29, 0.717) is 22.7 Å². The SMILES string of the molecule is Cc1ccc(Cl)cc1N1CCN(CCCNC(=O)c2ccc3c(c2)NC(=O)C(=Cc2ccccc2)S3)CC1. The van der Waals surface area contributed by atoms with Crippen molar-refractivity contribution >= 4 is 52.6 Å². The van der Waals surface area contributed by atoms with Crippen LogP contribution in [-0.2, 0) is 4.79 Å². The van der Waals surface area contributed by atoms with E-state index < -0.39 is 0 Å². The summed E-state index contributed by atoms with van der Waals surface area (Å²) >= 11 is 7.62. The normalized spacial score (nSPS) is 16.7. The summed E-state index contributed by atoms with van der Waals surface area (Å²) < 4.78 is 0. The molecular formula is C30H31ClN4O2S. The molecule has 38 heavy (non-hydrogen) atoms. The van der Waals surface area contributed by atoms with Crippen LogP contribution in [0.1, 0.15) is 27.9 Å². The third-order valence-corrected chi connectivity index (χ3v) is 8.19. The van der Waals surface area contributed by atoms with Crippen molar-refractivity contribution in [2.45, 2.75) is 18.2 Å². The van der Waals surface area contributed by atoms with Gasteiger partial charge in [0.15, 0.2) is 0 Å². The van der Waals surface area contributed by atoms with E-state index in [4.69, 9.17) is 11.6 Å². The molecule has 196 valence electrons. The fraction of sp³-hybridized carbons (Fsp3) is 0.267. The Morgan fingerprint density at radius 2 is 1.84 bits per heavy atom. The number of hydrogen-bond acceptors (Lipinski definition) is 5. The number of halogens is 1. The van der Waals surface area contributed by atoms with Gasteiger partial charge in [0.05, 0.1) is 10.6 Å². The summed E-state index contributed by atoms with van der Waals surface area (Å²) in [6, 6.07) is 21.3. The first-order valence-corrected chi connectivity index (χ1v) is 14.1. The largest absolute Gasteiger partial charge is 0.369 e. The number of carbonyl (C=O) groups is 2. The van der Waals surface area contributed by atoms with Crippen molar-refractivity contribution in [3.05, 3.63) is 93.3 Å². The lowest BCUT2D eigenvalue weighted by atomic mass is 10.1. The molecule has 2 aliphatic heterocycles. The number of piperazine rings is 1. The van der Waals surface area contributed by atoms with E-state index in [2.05, 4.69) is 33.4 Å². The average Bonchev–Trinajstić information content (AvgIpc) is 2.93. The molecule has 2 amide bonds. The van der Waals surface area contributed by atoms with Crippen molar-refractivity contribution < 1.29 is 9.59 Å². The summed E-state index contributed by atoms with van der Waals surface area (Å²) in [6.07, 6.45) is 2.76. The molecule has 0 aromatic heterocycles. The fourth-order valence-corrected chi connectivity index (χ4v) is 5.84. The predicted molar refractivity (Wildman–Crippen MR) is 157 cm³/mol. The Morgan fingerprint density at radius 3 is 2.63 bits per heavy atom. The molecule has 2 aliphatic rings. The van der Waals surface area contributed by atoms with Gasteiger partial charge in [-0.05, 0) is 67.4 Å². The van der Waals surface area contributed by atoms with Gasteiger partial charge in [-0.25, -0.2) is 0 Å². The van der Waals surface area contributed by atoms with Crippen LogP contribution in [0, 0.1) is 6.92 Å². The molecule has 1 fully saturated rings. The number of thioether (sulfide) groups is 1. The monoisotopic (exact) mass is 546 g/mol. The second-order valence-electron chi connectivity index (χ2n) is 9.56. The van der Waals surface area contributed by atoms with E-state index in [1.807, 2.05) is 60.7 Å². The maximum atomic E-state index is 12.8. The van der Waals surface area contributed by atoms with Crippen LogP contribution in [0.2, 0.25) is 5.02 Å². The smallest absolute Gasteiger partial charge is 0.262 e. The van der Waals surface area contributed by atoms with Gasteiger partial charge in [-0.15, -0.1) is 0 Å². The lowest BCUT2D eigenvalue weighted by Gasteiger charge is -2.37. The molecule has 0 saturated carbocycles. The number of nitrogens with one attached hydrogen (secondary N) is 2. The second kappa shape index (κ2) is 12.1. The lowest BCUT2D eigenvalue weighted by molar-refractivity contribution is -0.112. The number of amides is 2. The lowest BCUT2D eigenvalue weighted by Crippen LogP contribution is -2.47. The summed E-state index contributed by atoms with van der Waals surface area (Å²) in [6.45, 7) is 7.58. The first kappa shape index (κ1) is 26.4. The molecule has 1 saturated heterocycles. The van der Waals surface area contributed by atoms with Crippen molar-refractivity contribution in [1.29, 1.82) is 0 Å². The number of benzene rings is 3. The zero-order valence-corrected chi connectivity index (χ0v) is 22.9. The third-order valence-electron chi connectivity index (χ3n) is 6.85. The van der Waals surface area contributed by atoms with Crippen LogP contribution in [0.4, 0.5) is 11.4 Å². The van der Waals surface area contributed by atoms with Crippen molar-refractivity contribution in [1.82, 2.24) is 10.2 Å². The maximum Gasteiger partial charge on any atom is 0.262 e. The zero-order chi connectivity index (χ0) is 26.5. The number of aryl methyl sites for hydroxylation is 1. The molecule has 8 heteroatoms. The van der Waals surface area contributed by atoms with Crippen LogP contribution in [0.15, 0.2) is 76.5 Å². The van der Waals surface area contributed by atoms with Crippen molar-refractivity contribution in [3.63, 3.8) is 0 Å². The standard InChI is InChI=1S/C30H31ClN4O2S/c1-21-8-10-24(31)20-26(21)35-16-14-34(15-17-35)13-5-12-32-29(36)23-9-11-27-25(19-23)33-30(37)28(38-27)18-22-6-3-2-4-7-22/h2-4,6-11,18-20H,5,12-17H2,1H3,(H,32,36)(H,33,37). The van der Waals surface area contributed by atoms with Gasteiger partial charge in [-0.1, -0.05) is 59.8 Å². The minimum atomic E-state index is -0.158. The van der Waals surface area contributed by atoms with Crippen molar-refractivity contribution in [3.8, 4) is 0 Å². The Labute approximate surface area is 233 Å². The quantitative estimate of drug-likeness (QED) is 0.295. The van der Waals surface area contributed by atoms with E-state index in [-0.39, 0.29) is 11.8 Å². The molecule has 6 nitrogen and oxygen atoms in total. The molecule has 0 bridgehead atoms. The Morgan fingerprint density at radius 1 is 1.05 bits per heavy atom. The van der Waals surface area contributed by atoms with Crippen LogP contribution >= 0.6 is 23.4 Å². The van der Waals surface area contributed by atoms with Crippen LogP contribution in [-0.4, -0.2) is 56.0 Å². The van der Waals surface area contributed by atoms with Gasteiger partial charge in [0.2, 0.25) is 0 Å². The Balaban J connectivity index is 1.08. The molecule has 3 aromatic carbocycles. The van der Waals surface area contributed by atoms with Crippen molar-refractivity contribution in [2.24, 2.45) is 0 Å². The number of hydrogen-bond donors (Lipinski definition) is 2. The van der Waals surface area contributed by atoms with Gasteiger partial charge in [0.25, 0.3) is 11.8 Å². The van der Waals surface area contributed by atoms with Crippen LogP contribution in [0.5, 0.6) is 0 Å². The van der Waals surface area contributed by atoms with E-state index in [1.165, 1.54) is 23.0 Å². The van der Waals surface area contributed by atoms with E-state index in [0.717, 1.165) is 54.6 Å². The van der Waals surface area contributed by atoms with E-state index in [1.54, 1.807) is 6.07 Å². The topological polar surface area (TPSA) is 64.7 Å². The number of nitrogens with zero attached hydrogens (tertiary/aromatic N) is 2. The number of fused-ring (bicyclic) bond motifs is 1. The van der Waals surface area contributed by atoms with Crippen LogP contribution in [0.3, 0.4) is 0 Å². The minimum absolute atomic E-state index is 0.126. The highest BCUT2D eigenvalue weighted by molar-refractivity contribution is 8.04. The second-order valence-corrected chi connectivity index (χ2v) is 11.1. The minimum Gasteiger partial charge on any atom is -0.369 e. The van der Waals surface area contributed by atoms with Crippen LogP contribution < -0.4 is 15.5 Å². The molecule has 0 spiro atoms. The summed E-state index contributed by atoms with van der Waals surface area (Å²) in [5.41, 5.74) is 4.65. The average molecular weight is 547 g/mol. The first-order valence-electron chi connectivity index (χ1n) is 12.9. The van der Waals surface area contributed by atoms with E-state index >= 15 is 0 Å². The summed E-state index contributed by atoms with van der Waals surface area (Å²) in [5.74, 6) is -0.284. The number of carbonyl (C=O) groups excluding carboxylic acids is 2. The van der Waals surface area contributed by atoms with Gasteiger partial charge in [-0.2, -0.15) is 0 Å². The van der Waals surface area contributed by atoms with Crippen LogP contribution in [0.25, 0.3) is 6.08 Å². The Kier molecular flexibility index (Phi) is 8.37. The molecule has 0 aliphatic carbocycles. The molecule has 0 unspecified atom stereocenters. The number of anilines is 2. The van der Waals surface area contributed by atoms with Gasteiger partial charge in [0.1, 0.15) is 0 Å². The summed E-state index contributed by atoms with van der Waals surface area (Å²) in [5, 5.41) is 6.73. The molecule has 5 rings (SSSR count). The third kappa shape index (κ3) is 6.41. The first-order chi connectivity index (χ1) is 18.5. The van der Waals surface area contributed by atoms with Gasteiger partial charge in [0, 0.05) is 53.9 Å². The molecule has 2 N–H and O–H groups in total. The highest BCUT2D eigenvalue weighted by Gasteiger charge is 2.22. The number of rotatable bonds is 7. The molecular weight excluding hydrogens is 516 g/mol.